The Morgan fingerprint density at radius 2 is 1.62 bits per heavy atom. The molecule has 2 aromatic rings. The van der Waals surface area contributed by atoms with E-state index < -0.39 is 0 Å². The van der Waals surface area contributed by atoms with Crippen molar-refractivity contribution >= 4 is 11.6 Å². The van der Waals surface area contributed by atoms with Crippen LogP contribution in [0.4, 0.5) is 4.39 Å². The Balaban J connectivity index is 2.17. The van der Waals surface area contributed by atoms with Crippen LogP contribution in [0.5, 0.6) is 0 Å². The first-order valence-corrected chi connectivity index (χ1v) is 7.81. The number of unbranched alkanes of at least 4 members (excludes halogenated alkanes) is 3. The van der Waals surface area contributed by atoms with Gasteiger partial charge < -0.3 is 0 Å². The molecule has 2 rings (SSSR count). The molecule has 0 heterocycles. The van der Waals surface area contributed by atoms with Crippen molar-refractivity contribution in [2.75, 3.05) is 0 Å². The van der Waals surface area contributed by atoms with E-state index in [0.29, 0.717) is 0 Å². The SMILES string of the molecule is CCCCCC/C(=C/c1ccccc1)c1ccc(F)cc1. The van der Waals surface area contributed by atoms with Gasteiger partial charge in [-0.2, -0.15) is 0 Å². The van der Waals surface area contributed by atoms with Crippen molar-refractivity contribution in [3.8, 4) is 0 Å². The summed E-state index contributed by atoms with van der Waals surface area (Å²) in [5.74, 6) is -0.177. The normalized spacial score (nSPS) is 11.6. The van der Waals surface area contributed by atoms with Crippen LogP contribution in [0.1, 0.15) is 50.2 Å². The Bertz CT molecular complexity index is 552. The van der Waals surface area contributed by atoms with Gasteiger partial charge in [0.25, 0.3) is 0 Å². The molecule has 0 unspecified atom stereocenters. The van der Waals surface area contributed by atoms with Gasteiger partial charge in [0.1, 0.15) is 5.82 Å². The van der Waals surface area contributed by atoms with Crippen LogP contribution in [0.3, 0.4) is 0 Å². The first-order valence-electron chi connectivity index (χ1n) is 7.81. The third kappa shape index (κ3) is 5.18. The van der Waals surface area contributed by atoms with E-state index in [-0.39, 0.29) is 5.82 Å². The predicted molar refractivity (Wildman–Crippen MR) is 89.5 cm³/mol. The average Bonchev–Trinajstić information content (AvgIpc) is 2.52. The Kier molecular flexibility index (Phi) is 6.21. The van der Waals surface area contributed by atoms with Crippen LogP contribution in [0.15, 0.2) is 54.6 Å². The molecule has 2 aromatic carbocycles. The number of rotatable bonds is 7. The van der Waals surface area contributed by atoms with Crippen molar-refractivity contribution in [2.45, 2.75) is 39.0 Å². The standard InChI is InChI=1S/C20H23F/c1-2-3-4-8-11-19(16-17-9-6-5-7-10-17)18-12-14-20(21)15-13-18/h5-7,9-10,12-16H,2-4,8,11H2,1H3/b19-16-. The summed E-state index contributed by atoms with van der Waals surface area (Å²) in [5, 5.41) is 0. The molecule has 0 fully saturated rings. The number of halogens is 1. The molecule has 0 atom stereocenters. The van der Waals surface area contributed by atoms with Gasteiger partial charge >= 0.3 is 0 Å². The maximum absolute atomic E-state index is 13.1. The molecular formula is C20H23F. The van der Waals surface area contributed by atoms with Gasteiger partial charge in [0.2, 0.25) is 0 Å². The molecule has 0 aliphatic carbocycles. The van der Waals surface area contributed by atoms with Crippen molar-refractivity contribution in [3.05, 3.63) is 71.5 Å². The molecule has 21 heavy (non-hydrogen) atoms. The van der Waals surface area contributed by atoms with Gasteiger partial charge in [-0.25, -0.2) is 4.39 Å². The van der Waals surface area contributed by atoms with Crippen LogP contribution in [-0.4, -0.2) is 0 Å². The zero-order valence-corrected chi connectivity index (χ0v) is 12.7. The molecule has 0 spiro atoms. The lowest BCUT2D eigenvalue weighted by Crippen LogP contribution is -1.87. The number of benzene rings is 2. The van der Waals surface area contributed by atoms with E-state index in [1.165, 1.54) is 36.8 Å². The number of hydrogen-bond acceptors (Lipinski definition) is 0. The third-order valence-corrected chi connectivity index (χ3v) is 3.66. The fourth-order valence-corrected chi connectivity index (χ4v) is 2.46. The first-order chi connectivity index (χ1) is 10.3. The van der Waals surface area contributed by atoms with Gasteiger partial charge in [0.05, 0.1) is 0 Å². The molecule has 0 aliphatic heterocycles. The third-order valence-electron chi connectivity index (χ3n) is 3.66. The molecule has 0 aromatic heterocycles. The molecule has 1 heteroatoms. The maximum atomic E-state index is 13.1. The van der Waals surface area contributed by atoms with Crippen LogP contribution >= 0.6 is 0 Å². The van der Waals surface area contributed by atoms with Crippen LogP contribution in [-0.2, 0) is 0 Å². The molecule has 0 bridgehead atoms. The van der Waals surface area contributed by atoms with Crippen LogP contribution < -0.4 is 0 Å². The summed E-state index contributed by atoms with van der Waals surface area (Å²) in [7, 11) is 0. The highest BCUT2D eigenvalue weighted by atomic mass is 19.1. The minimum Gasteiger partial charge on any atom is -0.207 e. The first kappa shape index (κ1) is 15.5. The lowest BCUT2D eigenvalue weighted by atomic mass is 9.97. The van der Waals surface area contributed by atoms with Gasteiger partial charge in [0, 0.05) is 0 Å². The van der Waals surface area contributed by atoms with Crippen LogP contribution in [0.2, 0.25) is 0 Å². The summed E-state index contributed by atoms with van der Waals surface area (Å²) in [5.41, 5.74) is 3.61. The summed E-state index contributed by atoms with van der Waals surface area (Å²) in [6.07, 6.45) is 8.23. The summed E-state index contributed by atoms with van der Waals surface area (Å²) >= 11 is 0. The van der Waals surface area contributed by atoms with Gasteiger partial charge in [-0.1, -0.05) is 74.7 Å². The van der Waals surface area contributed by atoms with Crippen molar-refractivity contribution in [1.29, 1.82) is 0 Å². The molecular weight excluding hydrogens is 259 g/mol. The van der Waals surface area contributed by atoms with Crippen molar-refractivity contribution in [1.82, 2.24) is 0 Å². The smallest absolute Gasteiger partial charge is 0.123 e. The zero-order valence-electron chi connectivity index (χ0n) is 12.7. The Morgan fingerprint density at radius 3 is 2.29 bits per heavy atom. The second kappa shape index (κ2) is 8.41. The van der Waals surface area contributed by atoms with E-state index in [1.807, 2.05) is 30.3 Å². The van der Waals surface area contributed by atoms with Gasteiger partial charge in [-0.05, 0) is 41.7 Å². The lowest BCUT2D eigenvalue weighted by molar-refractivity contribution is 0.627. The van der Waals surface area contributed by atoms with E-state index in [1.54, 1.807) is 12.1 Å². The summed E-state index contributed by atoms with van der Waals surface area (Å²) < 4.78 is 13.1. The van der Waals surface area contributed by atoms with Gasteiger partial charge in [0.15, 0.2) is 0 Å². The van der Waals surface area contributed by atoms with Crippen LogP contribution in [0.25, 0.3) is 11.6 Å². The number of hydrogen-bond donors (Lipinski definition) is 0. The van der Waals surface area contributed by atoms with Crippen molar-refractivity contribution in [2.24, 2.45) is 0 Å². The predicted octanol–water partition coefficient (Wildman–Crippen LogP) is 6.34. The average molecular weight is 282 g/mol. The molecule has 0 N–H and O–H groups in total. The fourth-order valence-electron chi connectivity index (χ4n) is 2.46. The van der Waals surface area contributed by atoms with Gasteiger partial charge in [-0.3, -0.25) is 0 Å². The summed E-state index contributed by atoms with van der Waals surface area (Å²) in [6.45, 7) is 2.22. The number of allylic oxidation sites excluding steroid dienone is 1. The van der Waals surface area contributed by atoms with E-state index in [9.17, 15) is 4.39 Å². The van der Waals surface area contributed by atoms with E-state index in [0.717, 1.165) is 12.0 Å². The highest BCUT2D eigenvalue weighted by Gasteiger charge is 2.03. The second-order valence-electron chi connectivity index (χ2n) is 5.40. The zero-order chi connectivity index (χ0) is 14.9. The minimum atomic E-state index is -0.177. The molecule has 0 aliphatic rings. The maximum Gasteiger partial charge on any atom is 0.123 e. The Morgan fingerprint density at radius 1 is 0.905 bits per heavy atom. The van der Waals surface area contributed by atoms with Crippen LogP contribution in [0, 0.1) is 5.82 Å². The molecule has 0 nitrogen and oxygen atoms in total. The monoisotopic (exact) mass is 282 g/mol. The lowest BCUT2D eigenvalue weighted by Gasteiger charge is -2.09. The van der Waals surface area contributed by atoms with E-state index >= 15 is 0 Å². The summed E-state index contributed by atoms with van der Waals surface area (Å²) in [4.78, 5) is 0. The van der Waals surface area contributed by atoms with Crippen molar-refractivity contribution < 1.29 is 4.39 Å². The fraction of sp³-hybridized carbons (Fsp3) is 0.300. The molecule has 110 valence electrons. The highest BCUT2D eigenvalue weighted by Crippen LogP contribution is 2.24. The minimum absolute atomic E-state index is 0.177. The largest absolute Gasteiger partial charge is 0.207 e. The topological polar surface area (TPSA) is 0 Å². The summed E-state index contributed by atoms with van der Waals surface area (Å²) in [6, 6.07) is 17.2. The van der Waals surface area contributed by atoms with Gasteiger partial charge in [-0.15, -0.1) is 0 Å². The Labute approximate surface area is 127 Å². The second-order valence-corrected chi connectivity index (χ2v) is 5.40. The van der Waals surface area contributed by atoms with E-state index in [4.69, 9.17) is 0 Å². The molecule has 0 saturated carbocycles. The quantitative estimate of drug-likeness (QED) is 0.411. The van der Waals surface area contributed by atoms with Crippen molar-refractivity contribution in [3.63, 3.8) is 0 Å². The Hall–Kier alpha value is -1.89. The molecule has 0 amide bonds. The molecule has 0 saturated heterocycles. The highest BCUT2D eigenvalue weighted by molar-refractivity contribution is 5.81. The van der Waals surface area contributed by atoms with E-state index in [2.05, 4.69) is 25.1 Å². The molecule has 0 radical (unpaired) electrons.